The average molecular weight is 473 g/mol. The maximum absolute atomic E-state index is 12.9. The number of nitrogens with one attached hydrogen (secondary N) is 1. The Labute approximate surface area is 198 Å². The van der Waals surface area contributed by atoms with E-state index >= 15 is 0 Å². The minimum absolute atomic E-state index is 0.0892. The molecule has 178 valence electrons. The molecule has 4 rings (SSSR count). The van der Waals surface area contributed by atoms with Crippen LogP contribution in [0.15, 0.2) is 24.3 Å². The van der Waals surface area contributed by atoms with Gasteiger partial charge in [-0.15, -0.1) is 11.3 Å². The van der Waals surface area contributed by atoms with Gasteiger partial charge in [-0.25, -0.2) is 0 Å². The number of amides is 2. The number of rotatable bonds is 9. The van der Waals surface area contributed by atoms with Crippen LogP contribution in [0.2, 0.25) is 0 Å². The maximum Gasteiger partial charge on any atom is 0.251 e. The van der Waals surface area contributed by atoms with Crippen molar-refractivity contribution >= 4 is 28.2 Å². The van der Waals surface area contributed by atoms with Gasteiger partial charge in [-0.05, 0) is 56.0 Å². The van der Waals surface area contributed by atoms with Gasteiger partial charge >= 0.3 is 0 Å². The number of methoxy groups -OCH3 is 1. The van der Waals surface area contributed by atoms with E-state index in [0.29, 0.717) is 17.2 Å². The second kappa shape index (κ2) is 10.5. The van der Waals surface area contributed by atoms with Gasteiger partial charge < -0.3 is 20.5 Å². The lowest BCUT2D eigenvalue weighted by atomic mass is 10.1. The fraction of sp³-hybridized carbons (Fsp3) is 0.500. The first kappa shape index (κ1) is 23.5. The molecule has 1 saturated heterocycles. The summed E-state index contributed by atoms with van der Waals surface area (Å²) in [7, 11) is 1.64. The van der Waals surface area contributed by atoms with Crippen molar-refractivity contribution < 1.29 is 19.1 Å². The first-order chi connectivity index (χ1) is 16.0. The number of hydrogen-bond acceptors (Lipinski definition) is 7. The van der Waals surface area contributed by atoms with Crippen molar-refractivity contribution in [3.8, 4) is 11.5 Å². The summed E-state index contributed by atoms with van der Waals surface area (Å²) in [6, 6.07) is 7.31. The number of nitrogens with zero attached hydrogens (tertiary/aromatic N) is 2. The Hall–Kier alpha value is -2.62. The van der Waals surface area contributed by atoms with Crippen molar-refractivity contribution in [2.45, 2.75) is 32.2 Å². The van der Waals surface area contributed by atoms with Crippen molar-refractivity contribution in [3.05, 3.63) is 40.3 Å². The second-order valence-electron chi connectivity index (χ2n) is 8.49. The number of aryl methyl sites for hydroxylation is 1. The number of piperazine rings is 1. The molecule has 1 atom stereocenters. The van der Waals surface area contributed by atoms with Crippen LogP contribution in [-0.4, -0.2) is 74.1 Å². The number of hydrogen-bond donors (Lipinski definition) is 2. The Morgan fingerprint density at radius 1 is 1.12 bits per heavy atom. The number of benzene rings is 1. The quantitative estimate of drug-likeness (QED) is 0.582. The maximum atomic E-state index is 12.9. The molecule has 8 nitrogen and oxygen atoms in total. The largest absolute Gasteiger partial charge is 0.497 e. The Morgan fingerprint density at radius 2 is 1.82 bits per heavy atom. The SMILES string of the molecule is COc1ccc(OCCN2CCN([C@@H](C)C(=O)Nc3sc4c(c3C(N)=O)CCC4)CC2)cc1. The molecule has 2 heterocycles. The number of fused-ring (bicyclic) bond motifs is 1. The Balaban J connectivity index is 1.23. The molecule has 3 N–H and O–H groups in total. The van der Waals surface area contributed by atoms with Crippen LogP contribution in [-0.2, 0) is 17.6 Å². The van der Waals surface area contributed by atoms with E-state index < -0.39 is 5.91 Å². The molecular weight excluding hydrogens is 440 g/mol. The van der Waals surface area contributed by atoms with Gasteiger partial charge in [-0.2, -0.15) is 0 Å². The van der Waals surface area contributed by atoms with Crippen molar-refractivity contribution in [2.24, 2.45) is 5.73 Å². The monoisotopic (exact) mass is 472 g/mol. The van der Waals surface area contributed by atoms with Crippen LogP contribution in [0.3, 0.4) is 0 Å². The van der Waals surface area contributed by atoms with Gasteiger partial charge in [0.2, 0.25) is 5.91 Å². The van der Waals surface area contributed by atoms with Crippen molar-refractivity contribution in [3.63, 3.8) is 0 Å². The summed E-state index contributed by atoms with van der Waals surface area (Å²) < 4.78 is 11.0. The lowest BCUT2D eigenvalue weighted by Crippen LogP contribution is -2.53. The number of ether oxygens (including phenoxy) is 2. The summed E-state index contributed by atoms with van der Waals surface area (Å²) in [5.41, 5.74) is 7.15. The van der Waals surface area contributed by atoms with Gasteiger partial charge in [0.1, 0.15) is 23.1 Å². The molecular formula is C24H32N4O4S. The summed E-state index contributed by atoms with van der Waals surface area (Å²) >= 11 is 1.50. The number of carbonyl (C=O) groups is 2. The minimum atomic E-state index is -0.456. The molecule has 1 aromatic carbocycles. The van der Waals surface area contributed by atoms with Gasteiger partial charge in [0.15, 0.2) is 0 Å². The fourth-order valence-electron chi connectivity index (χ4n) is 4.47. The normalized spacial score (nSPS) is 17.4. The van der Waals surface area contributed by atoms with Crippen molar-refractivity contribution in [1.82, 2.24) is 9.80 Å². The summed E-state index contributed by atoms with van der Waals surface area (Å²) in [5.74, 6) is 1.09. The van der Waals surface area contributed by atoms with Crippen LogP contribution in [0.4, 0.5) is 5.00 Å². The van der Waals surface area contributed by atoms with E-state index in [2.05, 4.69) is 15.1 Å². The lowest BCUT2D eigenvalue weighted by Gasteiger charge is -2.37. The molecule has 2 amide bonds. The molecule has 0 radical (unpaired) electrons. The van der Waals surface area contributed by atoms with E-state index in [1.807, 2.05) is 31.2 Å². The first-order valence-corrected chi connectivity index (χ1v) is 12.3. The molecule has 0 bridgehead atoms. The molecule has 1 aliphatic heterocycles. The van der Waals surface area contributed by atoms with Crippen molar-refractivity contribution in [1.29, 1.82) is 0 Å². The van der Waals surface area contributed by atoms with E-state index in [-0.39, 0.29) is 11.9 Å². The molecule has 1 fully saturated rings. The third-order valence-corrected chi connectivity index (χ3v) is 7.68. The van der Waals surface area contributed by atoms with Crippen LogP contribution in [0.25, 0.3) is 0 Å². The number of anilines is 1. The van der Waals surface area contributed by atoms with Crippen LogP contribution in [0.5, 0.6) is 11.5 Å². The lowest BCUT2D eigenvalue weighted by molar-refractivity contribution is -0.121. The number of thiophene rings is 1. The molecule has 1 aromatic heterocycles. The van der Waals surface area contributed by atoms with E-state index in [9.17, 15) is 9.59 Å². The summed E-state index contributed by atoms with van der Waals surface area (Å²) in [6.07, 6.45) is 2.86. The molecule has 33 heavy (non-hydrogen) atoms. The van der Waals surface area contributed by atoms with Gasteiger partial charge in [0, 0.05) is 37.6 Å². The predicted octanol–water partition coefficient (Wildman–Crippen LogP) is 2.37. The topological polar surface area (TPSA) is 97.1 Å². The van der Waals surface area contributed by atoms with Gasteiger partial charge in [0.25, 0.3) is 5.91 Å². The molecule has 9 heteroatoms. The third-order valence-electron chi connectivity index (χ3n) is 6.47. The Bertz CT molecular complexity index is 983. The third kappa shape index (κ3) is 5.48. The minimum Gasteiger partial charge on any atom is -0.497 e. The van der Waals surface area contributed by atoms with Crippen LogP contribution in [0, 0.1) is 0 Å². The number of primary amides is 1. The zero-order valence-corrected chi connectivity index (χ0v) is 20.1. The smallest absolute Gasteiger partial charge is 0.251 e. The zero-order valence-electron chi connectivity index (χ0n) is 19.3. The van der Waals surface area contributed by atoms with Gasteiger partial charge in [0.05, 0.1) is 18.7 Å². The molecule has 2 aromatic rings. The van der Waals surface area contributed by atoms with E-state index in [4.69, 9.17) is 15.2 Å². The molecule has 0 spiro atoms. The fourth-order valence-corrected chi connectivity index (χ4v) is 5.77. The van der Waals surface area contributed by atoms with Gasteiger partial charge in [-0.1, -0.05) is 0 Å². The van der Waals surface area contributed by atoms with E-state index in [1.165, 1.54) is 16.2 Å². The van der Waals surface area contributed by atoms with Crippen molar-refractivity contribution in [2.75, 3.05) is 51.8 Å². The standard InChI is InChI=1S/C24H32N4O4S/c1-16(23(30)26-24-21(22(25)29)19-4-3-5-20(19)33-24)28-12-10-27(11-13-28)14-15-32-18-8-6-17(31-2)7-9-18/h6-9,16H,3-5,10-15H2,1-2H3,(H2,25,29)(H,26,30)/t16-/m0/s1. The molecule has 0 unspecified atom stereocenters. The van der Waals surface area contributed by atoms with E-state index in [0.717, 1.165) is 69.0 Å². The number of carbonyl (C=O) groups excluding carboxylic acids is 2. The zero-order chi connectivity index (χ0) is 23.4. The highest BCUT2D eigenvalue weighted by Gasteiger charge is 2.29. The Morgan fingerprint density at radius 3 is 2.48 bits per heavy atom. The van der Waals surface area contributed by atoms with E-state index in [1.54, 1.807) is 7.11 Å². The highest BCUT2D eigenvalue weighted by molar-refractivity contribution is 7.17. The van der Waals surface area contributed by atoms with Crippen LogP contribution >= 0.6 is 11.3 Å². The molecule has 2 aliphatic rings. The summed E-state index contributed by atoms with van der Waals surface area (Å²) in [5, 5.41) is 3.59. The highest BCUT2D eigenvalue weighted by atomic mass is 32.1. The second-order valence-corrected chi connectivity index (χ2v) is 9.60. The average Bonchev–Trinajstić information content (AvgIpc) is 3.40. The summed E-state index contributed by atoms with van der Waals surface area (Å²) in [4.78, 5) is 30.6. The van der Waals surface area contributed by atoms with Gasteiger partial charge in [-0.3, -0.25) is 19.4 Å². The number of nitrogens with two attached hydrogens (primary N) is 1. The molecule has 0 saturated carbocycles. The highest BCUT2D eigenvalue weighted by Crippen LogP contribution is 2.39. The predicted molar refractivity (Wildman–Crippen MR) is 129 cm³/mol. The van der Waals surface area contributed by atoms with Crippen LogP contribution in [0.1, 0.15) is 34.1 Å². The Kier molecular flexibility index (Phi) is 7.52. The first-order valence-electron chi connectivity index (χ1n) is 11.4. The molecule has 1 aliphatic carbocycles. The summed E-state index contributed by atoms with van der Waals surface area (Å²) in [6.45, 7) is 6.74. The van der Waals surface area contributed by atoms with Crippen LogP contribution < -0.4 is 20.5 Å².